The molecule has 2 aliphatic carbocycles. The van der Waals surface area contributed by atoms with Crippen LogP contribution in [-0.2, 0) is 31.3 Å². The molecule has 1 saturated carbocycles. The third kappa shape index (κ3) is 6.64. The summed E-state index contributed by atoms with van der Waals surface area (Å²) >= 11 is 6.43. The predicted molar refractivity (Wildman–Crippen MR) is 177 cm³/mol. The number of sulfonamides is 1. The van der Waals surface area contributed by atoms with Gasteiger partial charge in [0.05, 0.1) is 36.9 Å². The maximum Gasteiger partial charge on any atom is 0.264 e. The summed E-state index contributed by atoms with van der Waals surface area (Å²) < 4.78 is 47.2. The van der Waals surface area contributed by atoms with E-state index in [1.54, 1.807) is 20.1 Å². The van der Waals surface area contributed by atoms with E-state index in [-0.39, 0.29) is 17.4 Å². The van der Waals surface area contributed by atoms with Gasteiger partial charge in [-0.25, -0.2) is 13.1 Å². The number of fused-ring (bicyclic) bond motifs is 4. The Morgan fingerprint density at radius 2 is 1.98 bits per heavy atom. The van der Waals surface area contributed by atoms with Crippen molar-refractivity contribution in [2.45, 2.75) is 69.1 Å². The Hall–Kier alpha value is -2.59. The van der Waals surface area contributed by atoms with E-state index in [9.17, 15) is 13.2 Å². The molecule has 2 aliphatic heterocycles. The van der Waals surface area contributed by atoms with Crippen molar-refractivity contribution in [3.63, 3.8) is 0 Å². The van der Waals surface area contributed by atoms with Gasteiger partial charge in [-0.15, -0.1) is 0 Å². The zero-order chi connectivity index (χ0) is 31.8. The minimum Gasteiger partial charge on any atom is -0.490 e. The fourth-order valence-corrected chi connectivity index (χ4v) is 9.07. The molecule has 1 spiro atoms. The van der Waals surface area contributed by atoms with E-state index in [4.69, 9.17) is 25.8 Å². The molecule has 1 fully saturated rings. The number of allylic oxidation sites excluding steroid dienone is 1. The van der Waals surface area contributed by atoms with Crippen molar-refractivity contribution >= 4 is 33.2 Å². The van der Waals surface area contributed by atoms with Crippen LogP contribution in [0.2, 0.25) is 5.02 Å². The van der Waals surface area contributed by atoms with Gasteiger partial charge in [0.15, 0.2) is 0 Å². The van der Waals surface area contributed by atoms with Crippen molar-refractivity contribution in [3.05, 3.63) is 70.3 Å². The highest BCUT2D eigenvalue weighted by atomic mass is 35.5. The van der Waals surface area contributed by atoms with Gasteiger partial charge >= 0.3 is 0 Å². The Morgan fingerprint density at radius 3 is 2.76 bits per heavy atom. The first-order valence-corrected chi connectivity index (χ1v) is 18.2. The van der Waals surface area contributed by atoms with Gasteiger partial charge < -0.3 is 19.1 Å². The normalized spacial score (nSPS) is 31.9. The van der Waals surface area contributed by atoms with E-state index in [0.717, 1.165) is 55.9 Å². The van der Waals surface area contributed by atoms with E-state index < -0.39 is 21.2 Å². The lowest BCUT2D eigenvalue weighted by Gasteiger charge is -2.46. The molecule has 244 valence electrons. The molecule has 0 radical (unpaired) electrons. The van der Waals surface area contributed by atoms with E-state index >= 15 is 0 Å². The number of halogens is 1. The SMILES string of the molecule is COCCO[C@H]1/C=C/C[C@H](C)[C@@H](C)S(=O)(=O)NC(=O)c2ccc3c(c2)N(C[C@@H]2CC[C@H]21)C[C@@]1(CCCc2cc(Cl)ccc21)CO3. The summed E-state index contributed by atoms with van der Waals surface area (Å²) in [6.45, 7) is 6.58. The predicted octanol–water partition coefficient (Wildman–Crippen LogP) is 5.92. The second kappa shape index (κ2) is 13.3. The molecule has 8 nitrogen and oxygen atoms in total. The number of carbonyl (C=O) groups excluding carboxylic acids is 1. The lowest BCUT2D eigenvalue weighted by atomic mass is 9.68. The Balaban J connectivity index is 1.41. The molecule has 1 amide bonds. The molecule has 1 N–H and O–H groups in total. The molecule has 2 aromatic rings. The molecular formula is C35H45ClN2O6S. The van der Waals surface area contributed by atoms with Crippen molar-refractivity contribution in [2.75, 3.05) is 44.9 Å². The topological polar surface area (TPSA) is 94.2 Å². The summed E-state index contributed by atoms with van der Waals surface area (Å²) in [7, 11) is -2.24. The van der Waals surface area contributed by atoms with Crippen LogP contribution in [0.5, 0.6) is 5.75 Å². The van der Waals surface area contributed by atoms with Crippen LogP contribution in [0.4, 0.5) is 5.69 Å². The fraction of sp³-hybridized carbons (Fsp3) is 0.571. The minimum absolute atomic E-state index is 0.0915. The first kappa shape index (κ1) is 32.4. The number of anilines is 1. The van der Waals surface area contributed by atoms with E-state index in [1.807, 2.05) is 25.1 Å². The number of hydrogen-bond acceptors (Lipinski definition) is 7. The maximum absolute atomic E-state index is 13.4. The Labute approximate surface area is 272 Å². The average molecular weight is 657 g/mol. The van der Waals surface area contributed by atoms with Crippen molar-refractivity contribution in [3.8, 4) is 5.75 Å². The van der Waals surface area contributed by atoms with Gasteiger partial charge in [-0.2, -0.15) is 0 Å². The van der Waals surface area contributed by atoms with Crippen LogP contribution in [0.1, 0.15) is 67.4 Å². The first-order chi connectivity index (χ1) is 21.6. The van der Waals surface area contributed by atoms with Gasteiger partial charge in [-0.1, -0.05) is 36.7 Å². The molecule has 0 saturated heterocycles. The number of benzene rings is 2. The number of ether oxygens (including phenoxy) is 3. The molecule has 4 aliphatic rings. The second-order valence-electron chi connectivity index (χ2n) is 13.4. The Morgan fingerprint density at radius 1 is 1.13 bits per heavy atom. The van der Waals surface area contributed by atoms with Crippen LogP contribution in [0, 0.1) is 17.8 Å². The van der Waals surface area contributed by atoms with Crippen LogP contribution in [0.25, 0.3) is 0 Å². The Kier molecular flexibility index (Phi) is 9.53. The van der Waals surface area contributed by atoms with Crippen LogP contribution in [0.15, 0.2) is 48.6 Å². The van der Waals surface area contributed by atoms with E-state index in [1.165, 1.54) is 11.1 Å². The summed E-state index contributed by atoms with van der Waals surface area (Å²) in [6.07, 6.45) is 9.78. The molecule has 2 heterocycles. The number of hydrogen-bond donors (Lipinski definition) is 1. The standard InChI is InChI=1S/C35H45ClN2O6S/c1-23-6-4-8-32(43-17-16-42-3)29-12-9-27(29)20-38-21-35(15-5-7-25-18-28(36)11-13-30(25)35)22-44-33-14-10-26(19-31(33)38)34(39)37-45(40,41)24(23)2/h4,8,10-11,13-14,18-19,23-24,27,29,32H,5-7,9,12,15-17,20-22H2,1-3H3,(H,37,39)/b8-4+/t23-,24+,27-,29+,32-,35-/m0/s1. The van der Waals surface area contributed by atoms with Crippen molar-refractivity contribution in [1.29, 1.82) is 0 Å². The van der Waals surface area contributed by atoms with Crippen molar-refractivity contribution in [1.82, 2.24) is 4.72 Å². The minimum atomic E-state index is -3.91. The fourth-order valence-electron chi connectivity index (χ4n) is 7.59. The van der Waals surface area contributed by atoms with Gasteiger partial charge in [-0.3, -0.25) is 4.79 Å². The third-order valence-electron chi connectivity index (χ3n) is 10.6. The van der Waals surface area contributed by atoms with Crippen LogP contribution in [-0.4, -0.2) is 65.7 Å². The lowest BCUT2D eigenvalue weighted by Crippen LogP contribution is -2.49. The molecule has 0 unspecified atom stereocenters. The van der Waals surface area contributed by atoms with E-state index in [0.29, 0.717) is 49.4 Å². The largest absolute Gasteiger partial charge is 0.490 e. The number of aryl methyl sites for hydroxylation is 1. The quantitative estimate of drug-likeness (QED) is 0.323. The molecule has 6 rings (SSSR count). The monoisotopic (exact) mass is 656 g/mol. The van der Waals surface area contributed by atoms with E-state index in [2.05, 4.69) is 33.9 Å². The number of carbonyl (C=O) groups is 1. The van der Waals surface area contributed by atoms with Gasteiger partial charge in [0.1, 0.15) is 5.75 Å². The number of nitrogens with one attached hydrogen (secondary N) is 1. The molecule has 10 heteroatoms. The molecule has 6 atom stereocenters. The number of methoxy groups -OCH3 is 1. The zero-order valence-electron chi connectivity index (χ0n) is 26.5. The molecule has 2 aromatic carbocycles. The van der Waals surface area contributed by atoms with Gasteiger partial charge in [-0.05, 0) is 105 Å². The molecule has 0 aromatic heterocycles. The lowest BCUT2D eigenvalue weighted by molar-refractivity contribution is -0.0309. The summed E-state index contributed by atoms with van der Waals surface area (Å²) in [5, 5.41) is -0.0171. The first-order valence-electron chi connectivity index (χ1n) is 16.2. The van der Waals surface area contributed by atoms with Crippen LogP contribution >= 0.6 is 11.6 Å². The van der Waals surface area contributed by atoms with Crippen LogP contribution in [0.3, 0.4) is 0 Å². The second-order valence-corrected chi connectivity index (χ2v) is 15.9. The summed E-state index contributed by atoms with van der Waals surface area (Å²) in [4.78, 5) is 15.8. The maximum atomic E-state index is 13.4. The number of rotatable bonds is 4. The Bertz CT molecular complexity index is 1550. The van der Waals surface area contributed by atoms with Crippen LogP contribution < -0.4 is 14.4 Å². The number of nitrogens with zero attached hydrogens (tertiary/aromatic N) is 1. The molecule has 45 heavy (non-hydrogen) atoms. The highest BCUT2D eigenvalue weighted by molar-refractivity contribution is 7.90. The highest BCUT2D eigenvalue weighted by Crippen LogP contribution is 2.47. The van der Waals surface area contributed by atoms with Gasteiger partial charge in [0, 0.05) is 36.2 Å². The zero-order valence-corrected chi connectivity index (χ0v) is 28.0. The summed E-state index contributed by atoms with van der Waals surface area (Å²) in [5.41, 5.74) is 3.42. The average Bonchev–Trinajstić information content (AvgIpc) is 3.15. The smallest absolute Gasteiger partial charge is 0.264 e. The van der Waals surface area contributed by atoms with Gasteiger partial charge in [0.2, 0.25) is 10.0 Å². The number of amides is 1. The molecular weight excluding hydrogens is 612 g/mol. The van der Waals surface area contributed by atoms with Crippen molar-refractivity contribution < 1.29 is 27.4 Å². The summed E-state index contributed by atoms with van der Waals surface area (Å²) in [5.74, 6) is 0.579. The van der Waals surface area contributed by atoms with Gasteiger partial charge in [0.25, 0.3) is 5.91 Å². The highest BCUT2D eigenvalue weighted by Gasteiger charge is 2.44. The van der Waals surface area contributed by atoms with Crippen molar-refractivity contribution in [2.24, 2.45) is 17.8 Å². The third-order valence-corrected chi connectivity index (χ3v) is 12.8. The summed E-state index contributed by atoms with van der Waals surface area (Å²) in [6, 6.07) is 11.5. The molecule has 2 bridgehead atoms.